The molecule has 2 aromatic rings. The molecule has 1 aromatic carbocycles. The van der Waals surface area contributed by atoms with E-state index in [0.29, 0.717) is 16.6 Å². The molecular weight excluding hydrogens is 196 g/mol. The maximum Gasteiger partial charge on any atom is 0.284 e. The molecule has 0 bridgehead atoms. The number of nitrogens with one attached hydrogen (secondary N) is 1. The maximum absolute atomic E-state index is 5.29. The van der Waals surface area contributed by atoms with Crippen LogP contribution >= 0.6 is 12.2 Å². The van der Waals surface area contributed by atoms with Crippen LogP contribution in [0.3, 0.4) is 0 Å². The molecule has 1 aliphatic rings. The first-order valence-electron chi connectivity index (χ1n) is 4.48. The van der Waals surface area contributed by atoms with Gasteiger partial charge >= 0.3 is 0 Å². The van der Waals surface area contributed by atoms with Crippen LogP contribution in [0.4, 0.5) is 0 Å². The second kappa shape index (κ2) is 2.78. The summed E-state index contributed by atoms with van der Waals surface area (Å²) in [5, 5.41) is 6.69. The van der Waals surface area contributed by atoms with E-state index in [0.717, 1.165) is 6.42 Å². The van der Waals surface area contributed by atoms with Crippen molar-refractivity contribution in [2.75, 3.05) is 0 Å². The zero-order valence-electron chi connectivity index (χ0n) is 7.36. The van der Waals surface area contributed by atoms with Gasteiger partial charge in [0, 0.05) is 0 Å². The lowest BCUT2D eigenvalue weighted by Crippen LogP contribution is -2.18. The molecule has 0 saturated heterocycles. The lowest BCUT2D eigenvalue weighted by atomic mass is 9.78. The molecule has 14 heavy (non-hydrogen) atoms. The predicted octanol–water partition coefficient (Wildman–Crippen LogP) is 2.42. The third kappa shape index (κ3) is 1.04. The Bertz CT molecular complexity index is 529. The number of hydrogen-bond acceptors (Lipinski definition) is 3. The summed E-state index contributed by atoms with van der Waals surface area (Å²) in [5.74, 6) is 0.993. The van der Waals surface area contributed by atoms with Crippen LogP contribution in [0.15, 0.2) is 28.7 Å². The quantitative estimate of drug-likeness (QED) is 0.725. The van der Waals surface area contributed by atoms with Gasteiger partial charge in [-0.25, -0.2) is 5.10 Å². The van der Waals surface area contributed by atoms with E-state index >= 15 is 0 Å². The lowest BCUT2D eigenvalue weighted by Gasteiger charge is -2.26. The van der Waals surface area contributed by atoms with Gasteiger partial charge in [-0.1, -0.05) is 24.3 Å². The monoisotopic (exact) mass is 204 g/mol. The zero-order valence-corrected chi connectivity index (χ0v) is 8.17. The first-order valence-corrected chi connectivity index (χ1v) is 4.88. The minimum absolute atomic E-state index is 0.291. The van der Waals surface area contributed by atoms with E-state index in [2.05, 4.69) is 28.4 Å². The first-order chi connectivity index (χ1) is 6.84. The summed E-state index contributed by atoms with van der Waals surface area (Å²) in [7, 11) is 0. The van der Waals surface area contributed by atoms with Crippen LogP contribution in [0, 0.1) is 4.84 Å². The van der Waals surface area contributed by atoms with Crippen LogP contribution < -0.4 is 0 Å². The Hall–Kier alpha value is -1.42. The number of hydrogen-bond donors (Lipinski definition) is 1. The van der Waals surface area contributed by atoms with Gasteiger partial charge in [0.25, 0.3) is 4.84 Å². The molecule has 1 aromatic heterocycles. The molecule has 0 aliphatic heterocycles. The second-order valence-corrected chi connectivity index (χ2v) is 3.78. The molecule has 3 rings (SSSR count). The highest BCUT2D eigenvalue weighted by molar-refractivity contribution is 7.71. The molecule has 1 unspecified atom stereocenters. The van der Waals surface area contributed by atoms with Crippen LogP contribution in [0.1, 0.15) is 22.9 Å². The summed E-state index contributed by atoms with van der Waals surface area (Å²) in [4.78, 5) is 0.351. The van der Waals surface area contributed by atoms with Gasteiger partial charge in [0.15, 0.2) is 0 Å². The number of aromatic nitrogens is 2. The van der Waals surface area contributed by atoms with Gasteiger partial charge in [-0.3, -0.25) is 0 Å². The summed E-state index contributed by atoms with van der Waals surface area (Å²) in [5.41, 5.74) is 2.68. The van der Waals surface area contributed by atoms with Crippen LogP contribution in [-0.4, -0.2) is 10.2 Å². The number of benzene rings is 1. The van der Waals surface area contributed by atoms with Crippen LogP contribution in [-0.2, 0) is 6.42 Å². The van der Waals surface area contributed by atoms with E-state index in [4.69, 9.17) is 16.6 Å². The smallest absolute Gasteiger partial charge is 0.284 e. The van der Waals surface area contributed by atoms with E-state index in [1.54, 1.807) is 0 Å². The molecule has 1 heterocycles. The van der Waals surface area contributed by atoms with E-state index in [1.807, 2.05) is 6.07 Å². The normalized spacial score (nSPS) is 18.7. The van der Waals surface area contributed by atoms with Gasteiger partial charge in [0.1, 0.15) is 0 Å². The Morgan fingerprint density at radius 3 is 3.00 bits per heavy atom. The number of H-pyrrole nitrogens is 1. The third-order valence-electron chi connectivity index (χ3n) is 2.61. The topological polar surface area (TPSA) is 41.8 Å². The Morgan fingerprint density at radius 2 is 2.29 bits per heavy atom. The highest BCUT2D eigenvalue weighted by Crippen LogP contribution is 2.38. The fourth-order valence-corrected chi connectivity index (χ4v) is 2.00. The van der Waals surface area contributed by atoms with Crippen molar-refractivity contribution in [2.45, 2.75) is 12.3 Å². The van der Waals surface area contributed by atoms with E-state index in [1.165, 1.54) is 11.1 Å². The fourth-order valence-electron chi connectivity index (χ4n) is 1.87. The van der Waals surface area contributed by atoms with Crippen LogP contribution in [0.25, 0.3) is 0 Å². The van der Waals surface area contributed by atoms with Crippen molar-refractivity contribution < 1.29 is 4.42 Å². The zero-order chi connectivity index (χ0) is 9.54. The Labute approximate surface area is 85.8 Å². The molecule has 0 amide bonds. The van der Waals surface area contributed by atoms with Gasteiger partial charge in [-0.2, -0.15) is 0 Å². The van der Waals surface area contributed by atoms with Gasteiger partial charge in [0.2, 0.25) is 5.89 Å². The van der Waals surface area contributed by atoms with Crippen molar-refractivity contribution in [2.24, 2.45) is 0 Å². The number of nitrogens with zero attached hydrogens (tertiary/aromatic N) is 1. The maximum atomic E-state index is 5.29. The van der Waals surface area contributed by atoms with E-state index < -0.39 is 0 Å². The van der Waals surface area contributed by atoms with Crippen molar-refractivity contribution >= 4 is 12.2 Å². The average molecular weight is 204 g/mol. The van der Waals surface area contributed by atoms with Crippen molar-refractivity contribution in [3.8, 4) is 0 Å². The van der Waals surface area contributed by atoms with Crippen molar-refractivity contribution in [3.63, 3.8) is 0 Å². The molecule has 1 aliphatic carbocycles. The fraction of sp³-hybridized carbons (Fsp3) is 0.200. The highest BCUT2D eigenvalue weighted by Gasteiger charge is 2.30. The summed E-state index contributed by atoms with van der Waals surface area (Å²) < 4.78 is 5.29. The standard InChI is InChI=1S/C10H8N2OS/c14-10-12-11-9(13-10)8-5-6-3-1-2-4-7(6)8/h1-4,8H,5H2,(H,12,14). The van der Waals surface area contributed by atoms with Gasteiger partial charge in [-0.15, -0.1) is 5.10 Å². The number of aromatic amines is 1. The van der Waals surface area contributed by atoms with E-state index in [9.17, 15) is 0 Å². The number of rotatable bonds is 1. The Morgan fingerprint density at radius 1 is 1.43 bits per heavy atom. The predicted molar refractivity (Wildman–Crippen MR) is 53.7 cm³/mol. The molecular formula is C10H8N2OS. The van der Waals surface area contributed by atoms with E-state index in [-0.39, 0.29) is 0 Å². The average Bonchev–Trinajstić information content (AvgIpc) is 2.54. The van der Waals surface area contributed by atoms with Crippen molar-refractivity contribution in [1.29, 1.82) is 0 Å². The molecule has 70 valence electrons. The van der Waals surface area contributed by atoms with Crippen LogP contribution in [0.2, 0.25) is 0 Å². The molecule has 4 heteroatoms. The largest absolute Gasteiger partial charge is 0.413 e. The van der Waals surface area contributed by atoms with Crippen molar-refractivity contribution in [1.82, 2.24) is 10.2 Å². The van der Waals surface area contributed by atoms with Gasteiger partial charge in [0.05, 0.1) is 5.92 Å². The summed E-state index contributed by atoms with van der Waals surface area (Å²) in [6.45, 7) is 0. The van der Waals surface area contributed by atoms with Gasteiger partial charge in [-0.05, 0) is 29.8 Å². The summed E-state index contributed by atoms with van der Waals surface area (Å²) in [6.07, 6.45) is 0.999. The molecule has 0 saturated carbocycles. The SMILES string of the molecule is S=c1[nH]nc(C2Cc3ccccc32)o1. The van der Waals surface area contributed by atoms with Crippen LogP contribution in [0.5, 0.6) is 0 Å². The molecule has 1 atom stereocenters. The lowest BCUT2D eigenvalue weighted by molar-refractivity contribution is 0.441. The summed E-state index contributed by atoms with van der Waals surface area (Å²) in [6, 6.07) is 8.32. The molecule has 3 nitrogen and oxygen atoms in total. The first kappa shape index (κ1) is 7.94. The molecule has 0 fully saturated rings. The minimum atomic E-state index is 0.291. The molecule has 0 radical (unpaired) electrons. The highest BCUT2D eigenvalue weighted by atomic mass is 32.1. The Balaban J connectivity index is 2.03. The summed E-state index contributed by atoms with van der Waals surface area (Å²) >= 11 is 4.84. The number of fused-ring (bicyclic) bond motifs is 1. The third-order valence-corrected chi connectivity index (χ3v) is 2.78. The van der Waals surface area contributed by atoms with Crippen molar-refractivity contribution in [3.05, 3.63) is 46.1 Å². The Kier molecular flexibility index (Phi) is 1.58. The van der Waals surface area contributed by atoms with Gasteiger partial charge < -0.3 is 4.42 Å². The molecule has 1 N–H and O–H groups in total. The molecule has 0 spiro atoms. The second-order valence-electron chi connectivity index (χ2n) is 3.41. The minimum Gasteiger partial charge on any atom is -0.413 e.